The lowest BCUT2D eigenvalue weighted by Gasteiger charge is -2.20. The molecule has 0 aliphatic rings. The molecule has 126 valence electrons. The molecule has 6 nitrogen and oxygen atoms in total. The maximum absolute atomic E-state index is 12.8. The zero-order valence-electron chi connectivity index (χ0n) is 14.1. The summed E-state index contributed by atoms with van der Waals surface area (Å²) in [7, 11) is -2.18. The molecule has 0 saturated heterocycles. The summed E-state index contributed by atoms with van der Waals surface area (Å²) in [6.07, 6.45) is 0. The van der Waals surface area contributed by atoms with Crippen molar-refractivity contribution in [1.82, 2.24) is 9.46 Å². The lowest BCUT2D eigenvalue weighted by atomic mass is 10.1. The van der Waals surface area contributed by atoms with Crippen LogP contribution >= 0.6 is 0 Å². The monoisotopic (exact) mass is 338 g/mol. The molecule has 0 amide bonds. The first-order valence-electron chi connectivity index (χ1n) is 7.48. The first-order valence-corrected chi connectivity index (χ1v) is 8.92. The van der Waals surface area contributed by atoms with Crippen LogP contribution in [-0.4, -0.2) is 38.1 Å². The number of methoxy groups -OCH3 is 1. The van der Waals surface area contributed by atoms with E-state index >= 15 is 0 Å². The summed E-state index contributed by atoms with van der Waals surface area (Å²) < 4.78 is 37.7. The van der Waals surface area contributed by atoms with E-state index in [4.69, 9.17) is 9.26 Å². The molecule has 0 spiro atoms. The summed E-state index contributed by atoms with van der Waals surface area (Å²) in [5.74, 6) is 0.885. The molecule has 2 rings (SSSR count). The van der Waals surface area contributed by atoms with Gasteiger partial charge in [0.2, 0.25) is 10.0 Å². The van der Waals surface area contributed by atoms with Crippen LogP contribution in [0.1, 0.15) is 25.1 Å². The molecule has 1 aromatic carbocycles. The van der Waals surface area contributed by atoms with Crippen molar-refractivity contribution in [2.45, 2.75) is 32.6 Å². The van der Waals surface area contributed by atoms with E-state index in [0.717, 1.165) is 11.3 Å². The maximum Gasteiger partial charge on any atom is 0.246 e. The van der Waals surface area contributed by atoms with Crippen molar-refractivity contribution in [3.8, 4) is 17.1 Å². The summed E-state index contributed by atoms with van der Waals surface area (Å²) in [4.78, 5) is 0.134. The predicted molar refractivity (Wildman–Crippen MR) is 88.1 cm³/mol. The summed E-state index contributed by atoms with van der Waals surface area (Å²) in [5, 5.41) is 3.93. The molecule has 0 fully saturated rings. The number of hydrogen-bond acceptors (Lipinski definition) is 5. The summed E-state index contributed by atoms with van der Waals surface area (Å²) in [6, 6.07) is 5.00. The molecule has 0 aliphatic carbocycles. The largest absolute Gasteiger partial charge is 0.495 e. The molecular weight excluding hydrogens is 316 g/mol. The van der Waals surface area contributed by atoms with Crippen molar-refractivity contribution >= 4 is 10.0 Å². The molecule has 0 atom stereocenters. The highest BCUT2D eigenvalue weighted by atomic mass is 32.2. The van der Waals surface area contributed by atoms with E-state index in [1.165, 1.54) is 11.4 Å². The van der Waals surface area contributed by atoms with E-state index in [-0.39, 0.29) is 4.90 Å². The van der Waals surface area contributed by atoms with E-state index in [0.29, 0.717) is 30.2 Å². The van der Waals surface area contributed by atoms with E-state index in [1.807, 2.05) is 13.8 Å². The first-order chi connectivity index (χ1) is 10.9. The third kappa shape index (κ3) is 3.11. The average molecular weight is 338 g/mol. The number of sulfonamides is 1. The quantitative estimate of drug-likeness (QED) is 0.809. The van der Waals surface area contributed by atoms with Crippen LogP contribution in [-0.2, 0) is 10.0 Å². The Morgan fingerprint density at radius 1 is 1.22 bits per heavy atom. The Morgan fingerprint density at radius 3 is 2.35 bits per heavy atom. The Balaban J connectivity index is 2.63. The van der Waals surface area contributed by atoms with Gasteiger partial charge in [-0.15, -0.1) is 0 Å². The van der Waals surface area contributed by atoms with Crippen molar-refractivity contribution in [3.05, 3.63) is 29.5 Å². The van der Waals surface area contributed by atoms with Crippen LogP contribution in [0.15, 0.2) is 27.6 Å². The van der Waals surface area contributed by atoms with Gasteiger partial charge < -0.3 is 9.26 Å². The van der Waals surface area contributed by atoms with E-state index < -0.39 is 10.0 Å². The fourth-order valence-electron chi connectivity index (χ4n) is 2.41. The lowest BCUT2D eigenvalue weighted by Crippen LogP contribution is -2.30. The summed E-state index contributed by atoms with van der Waals surface area (Å²) in [5.41, 5.74) is 2.33. The Kier molecular flexibility index (Phi) is 5.11. The molecule has 7 heteroatoms. The highest BCUT2D eigenvalue weighted by Crippen LogP contribution is 2.33. The third-order valence-electron chi connectivity index (χ3n) is 3.91. The third-order valence-corrected chi connectivity index (χ3v) is 5.98. The number of rotatable bonds is 6. The Bertz CT molecular complexity index is 792. The average Bonchev–Trinajstić information content (AvgIpc) is 2.87. The van der Waals surface area contributed by atoms with E-state index in [9.17, 15) is 8.42 Å². The second-order valence-electron chi connectivity index (χ2n) is 5.18. The molecule has 0 N–H and O–H groups in total. The van der Waals surface area contributed by atoms with Gasteiger partial charge in [0.05, 0.1) is 12.8 Å². The molecule has 0 radical (unpaired) electrons. The SMILES string of the molecule is CCN(CC)S(=O)(=O)c1cc(-c2onc(C)c2C)ccc1OC. The minimum atomic E-state index is -3.63. The van der Waals surface area contributed by atoms with Crippen LogP contribution < -0.4 is 4.74 Å². The van der Waals surface area contributed by atoms with Gasteiger partial charge in [0.1, 0.15) is 10.6 Å². The smallest absolute Gasteiger partial charge is 0.246 e. The Morgan fingerprint density at radius 2 is 1.87 bits per heavy atom. The molecule has 1 aromatic heterocycles. The van der Waals surface area contributed by atoms with Crippen LogP contribution in [0, 0.1) is 13.8 Å². The molecule has 0 aliphatic heterocycles. The molecular formula is C16H22N2O4S. The molecule has 1 heterocycles. The van der Waals surface area contributed by atoms with Gasteiger partial charge in [-0.05, 0) is 32.0 Å². The fourth-order valence-corrected chi connectivity index (χ4v) is 4.05. The molecule has 0 saturated carbocycles. The maximum atomic E-state index is 12.8. The summed E-state index contributed by atoms with van der Waals surface area (Å²) in [6.45, 7) is 8.14. The number of hydrogen-bond donors (Lipinski definition) is 0. The normalized spacial score (nSPS) is 11.9. The Hall–Kier alpha value is -1.86. The Labute approximate surface area is 137 Å². The molecule has 2 aromatic rings. The van der Waals surface area contributed by atoms with Gasteiger partial charge in [-0.3, -0.25) is 0 Å². The van der Waals surface area contributed by atoms with Crippen molar-refractivity contribution in [1.29, 1.82) is 0 Å². The van der Waals surface area contributed by atoms with Gasteiger partial charge >= 0.3 is 0 Å². The second-order valence-corrected chi connectivity index (χ2v) is 7.08. The van der Waals surface area contributed by atoms with Crippen molar-refractivity contribution in [2.75, 3.05) is 20.2 Å². The minimum Gasteiger partial charge on any atom is -0.495 e. The number of nitrogens with zero attached hydrogens (tertiary/aromatic N) is 2. The van der Waals surface area contributed by atoms with Crippen LogP contribution in [0.5, 0.6) is 5.75 Å². The van der Waals surface area contributed by atoms with Crippen LogP contribution in [0.2, 0.25) is 0 Å². The first kappa shape index (κ1) is 17.5. The highest BCUT2D eigenvalue weighted by Gasteiger charge is 2.27. The predicted octanol–water partition coefficient (Wildman–Crippen LogP) is 3.00. The zero-order valence-corrected chi connectivity index (χ0v) is 14.9. The second kappa shape index (κ2) is 6.72. The van der Waals surface area contributed by atoms with Crippen molar-refractivity contribution < 1.29 is 17.7 Å². The molecule has 0 unspecified atom stereocenters. The topological polar surface area (TPSA) is 72.6 Å². The van der Waals surface area contributed by atoms with Gasteiger partial charge in [-0.2, -0.15) is 4.31 Å². The zero-order chi connectivity index (χ0) is 17.2. The lowest BCUT2D eigenvalue weighted by molar-refractivity contribution is 0.395. The van der Waals surface area contributed by atoms with Gasteiger partial charge in [0, 0.05) is 24.2 Å². The van der Waals surface area contributed by atoms with Gasteiger partial charge in [0.25, 0.3) is 0 Å². The number of aromatic nitrogens is 1. The van der Waals surface area contributed by atoms with Crippen LogP contribution in [0.4, 0.5) is 0 Å². The highest BCUT2D eigenvalue weighted by molar-refractivity contribution is 7.89. The van der Waals surface area contributed by atoms with Crippen molar-refractivity contribution in [3.63, 3.8) is 0 Å². The van der Waals surface area contributed by atoms with Crippen molar-refractivity contribution in [2.24, 2.45) is 0 Å². The van der Waals surface area contributed by atoms with Gasteiger partial charge in [-0.25, -0.2) is 8.42 Å². The standard InChI is InChI=1S/C16H22N2O4S/c1-6-18(7-2)23(19,20)15-10-13(8-9-14(15)21-5)16-11(3)12(4)17-22-16/h8-10H,6-7H2,1-5H3. The fraction of sp³-hybridized carbons (Fsp3) is 0.438. The van der Waals surface area contributed by atoms with Gasteiger partial charge in [0.15, 0.2) is 5.76 Å². The molecule has 0 bridgehead atoms. The summed E-state index contributed by atoms with van der Waals surface area (Å²) >= 11 is 0. The number of aryl methyl sites for hydroxylation is 1. The van der Waals surface area contributed by atoms with E-state index in [2.05, 4.69) is 5.16 Å². The molecule has 23 heavy (non-hydrogen) atoms. The number of benzene rings is 1. The minimum absolute atomic E-state index is 0.134. The van der Waals surface area contributed by atoms with E-state index in [1.54, 1.807) is 32.0 Å². The van der Waals surface area contributed by atoms with Gasteiger partial charge in [-0.1, -0.05) is 19.0 Å². The van der Waals surface area contributed by atoms with Crippen LogP contribution in [0.25, 0.3) is 11.3 Å². The number of ether oxygens (including phenoxy) is 1. The van der Waals surface area contributed by atoms with Crippen LogP contribution in [0.3, 0.4) is 0 Å².